The Morgan fingerprint density at radius 2 is 0.801 bits per heavy atom. The highest BCUT2D eigenvalue weighted by atomic mass is 35.5. The molecule has 0 spiro atoms. The van der Waals surface area contributed by atoms with Crippen LogP contribution in [0.3, 0.4) is 0 Å². The fraction of sp³-hybridized carbons (Fsp3) is 0.162. The van der Waals surface area contributed by atoms with Crippen LogP contribution in [-0.2, 0) is 46.8 Å². The number of esters is 1. The van der Waals surface area contributed by atoms with E-state index in [1.807, 2.05) is 115 Å². The van der Waals surface area contributed by atoms with Gasteiger partial charge in [-0.15, -0.1) is 0 Å². The standard InChI is InChI=1S/C23H23F2N7O.C22H20F2N6O2.C22H19F2N3O3.C17H11Cl2N5O.C15H12N6/c1-31-8-10-32(11-9-31)13-14-4-2-7-17-20(14)29-22(27-17)21-18(12-26-30-21)28-23(33)19-15(24)5-3-6-16(19)25;23-14-4-2-5-15(24)18(14)22(31)27-17-11-25-29-20(17)21-26-16-6-1-3-13(19(16)28-21)12-30-7-9-32-10-8-30;1-12(28)30-11-14-5-2-4-13-8-15(9-16(13)14)21-19(10-25-27-21)26-22(29)20-17(23)6-3-7-18(20)24;18-9-4-3-5-10(19)14(9)17(25)23-13-8-20-24-15(13)16-21-11-6-1-2-7-12(11)22-16;1-2-6-11-10(5-1)19-15(20-11)14-12(9-17-21-14)18-13-7-3-4-8-16-13/h2-7,12H,8-11,13H2,1H3,(H,26,30)(H,27,29)(H,28,33);1-6,11H,7-10,12H2,(H,25,29)(H,26,28)(H,27,31);2-7,10,15H,8-9,11H2,1H3,(H,25,27)(H,26,29);1-8H,(H,20,24)(H,21,22)(H,23,25);1-9H,(H,16,18)(H,17,21)(H,19,20). The predicted molar refractivity (Wildman–Crippen MR) is 519 cm³/mol. The van der Waals surface area contributed by atoms with Gasteiger partial charge in [-0.1, -0.05) is 120 Å². The molecule has 0 bridgehead atoms. The average Bonchev–Trinajstić information content (AvgIpc) is 1.57. The number of benzene rings is 9. The van der Waals surface area contributed by atoms with E-state index in [0.29, 0.717) is 77.7 Å². The van der Waals surface area contributed by atoms with Crippen LogP contribution in [0, 0.1) is 34.9 Å². The van der Waals surface area contributed by atoms with Crippen molar-refractivity contribution in [2.45, 2.75) is 45.4 Å². The molecule has 0 radical (unpaired) electrons. The number of halogens is 8. The normalized spacial score (nSPS) is 13.6. The molecule has 19 aromatic rings. The summed E-state index contributed by atoms with van der Waals surface area (Å²) < 4.78 is 94.4. The molecule has 22 rings (SSSR count). The van der Waals surface area contributed by atoms with E-state index in [4.69, 9.17) is 42.6 Å². The molecule has 12 heterocycles. The monoisotopic (exact) mass is 1950 g/mol. The maximum Gasteiger partial charge on any atom is 0.302 e. The third-order valence-corrected chi connectivity index (χ3v) is 24.1. The summed E-state index contributed by atoms with van der Waals surface area (Å²) in [5, 5.41) is 48.5. The number of para-hydroxylation sites is 6. The molecule has 2 fully saturated rings. The number of piperazine rings is 1. The highest BCUT2D eigenvalue weighted by molar-refractivity contribution is 6.40. The summed E-state index contributed by atoms with van der Waals surface area (Å²) in [5.74, 6) is -6.08. The lowest BCUT2D eigenvalue weighted by Crippen LogP contribution is -2.43. The number of morpholine rings is 1. The van der Waals surface area contributed by atoms with Gasteiger partial charge in [-0.2, -0.15) is 25.5 Å². The third kappa shape index (κ3) is 21.8. The first-order valence-corrected chi connectivity index (χ1v) is 45.0. The van der Waals surface area contributed by atoms with Gasteiger partial charge in [0, 0.05) is 71.4 Å². The Balaban J connectivity index is 0.000000117. The number of aromatic nitrogens is 19. The number of aromatic amines is 9. The summed E-state index contributed by atoms with van der Waals surface area (Å²) in [7, 11) is 2.12. The van der Waals surface area contributed by atoms with Crippen molar-refractivity contribution in [1.82, 2.24) is 111 Å². The van der Waals surface area contributed by atoms with Crippen molar-refractivity contribution < 1.29 is 59.8 Å². The van der Waals surface area contributed by atoms with Crippen LogP contribution in [0.4, 0.5) is 60.6 Å². The number of hydrogen-bond acceptors (Lipinski definition) is 21. The van der Waals surface area contributed by atoms with Gasteiger partial charge in [-0.3, -0.25) is 59.3 Å². The van der Waals surface area contributed by atoms with E-state index in [1.165, 1.54) is 49.9 Å². The zero-order valence-electron chi connectivity index (χ0n) is 74.9. The number of fused-ring (bicyclic) bond motifs is 5. The number of amides is 4. The van der Waals surface area contributed by atoms with Gasteiger partial charge in [0.05, 0.1) is 138 Å². The number of ether oxygens (including phenoxy) is 2. The number of nitrogens with zero attached hydrogens (tertiary/aromatic N) is 13. The van der Waals surface area contributed by atoms with E-state index >= 15 is 0 Å². The summed E-state index contributed by atoms with van der Waals surface area (Å²) >= 11 is 12.2. The van der Waals surface area contributed by atoms with E-state index < -0.39 is 75.2 Å². The van der Waals surface area contributed by atoms with E-state index in [2.05, 4.69) is 140 Å². The Kier molecular flexibility index (Phi) is 28.7. The van der Waals surface area contributed by atoms with Gasteiger partial charge in [-0.25, -0.2) is 51.3 Å². The van der Waals surface area contributed by atoms with Crippen molar-refractivity contribution in [1.29, 1.82) is 0 Å². The van der Waals surface area contributed by atoms with Gasteiger partial charge in [0.15, 0.2) is 23.3 Å². The number of rotatable bonds is 21. The van der Waals surface area contributed by atoms with Gasteiger partial charge in [0.25, 0.3) is 23.6 Å². The summed E-state index contributed by atoms with van der Waals surface area (Å²) in [6.07, 6.45) is 10.5. The number of hydrogen-bond donors (Lipinski definition) is 14. The highest BCUT2D eigenvalue weighted by Gasteiger charge is 2.32. The molecule has 42 heteroatoms. The second kappa shape index (κ2) is 42.9. The molecule has 714 valence electrons. The summed E-state index contributed by atoms with van der Waals surface area (Å²) in [5.41, 5.74) is 15.6. The van der Waals surface area contributed by atoms with Crippen LogP contribution in [0.2, 0.25) is 10.0 Å². The molecule has 4 amide bonds. The molecule has 1 aliphatic carbocycles. The number of carbonyl (C=O) groups excluding carboxylic acids is 5. The van der Waals surface area contributed by atoms with E-state index in [9.17, 15) is 50.3 Å². The molecular formula is C99H85Cl2F6N27O7. The van der Waals surface area contributed by atoms with Gasteiger partial charge in [0.2, 0.25) is 0 Å². The van der Waals surface area contributed by atoms with Gasteiger partial charge in [0.1, 0.15) is 86.8 Å². The third-order valence-electron chi connectivity index (χ3n) is 23.4. The minimum Gasteiger partial charge on any atom is -0.461 e. The van der Waals surface area contributed by atoms with Crippen molar-refractivity contribution in [2.75, 3.05) is 86.1 Å². The fourth-order valence-electron chi connectivity index (χ4n) is 16.4. The summed E-state index contributed by atoms with van der Waals surface area (Å²) in [4.78, 5) is 104. The molecule has 9 aromatic carbocycles. The number of imidazole rings is 4. The lowest BCUT2D eigenvalue weighted by atomic mass is 10.00. The Morgan fingerprint density at radius 1 is 0.411 bits per heavy atom. The number of carbonyl (C=O) groups is 5. The SMILES string of the molecule is CC(=O)OCc1cccc2c1CC(c1[nH]ncc1NC(=O)c1c(F)cccc1F)C2.CN1CCN(Cc2cccc3[nH]c(-c4[nH]ncc4NC(=O)c4c(F)cccc4F)nc23)CC1.O=C(Nc1cn[nH]c1-c1nc2c(CN3CCOCC3)cccc2[nH]1)c1c(F)cccc1F.O=C(Nc1cn[nH]c1-c1nc2ccccc2[nH]1)c1c(Cl)cccc1Cl.c1ccc(Nc2cn[nH]c2-c2nc3ccccc3[nH]2)nc1. The second-order valence-corrected chi connectivity index (χ2v) is 33.6. The van der Waals surface area contributed by atoms with Crippen LogP contribution in [0.5, 0.6) is 0 Å². The van der Waals surface area contributed by atoms with Crippen molar-refractivity contribution in [3.05, 3.63) is 332 Å². The Hall–Kier alpha value is -16.8. The fourth-order valence-corrected chi connectivity index (χ4v) is 17.0. The molecule has 141 heavy (non-hydrogen) atoms. The van der Waals surface area contributed by atoms with Crippen LogP contribution in [0.15, 0.2) is 231 Å². The largest absolute Gasteiger partial charge is 0.461 e. The van der Waals surface area contributed by atoms with Crippen molar-refractivity contribution in [2.24, 2.45) is 0 Å². The van der Waals surface area contributed by atoms with Crippen LogP contribution in [0.1, 0.15) is 87.8 Å². The van der Waals surface area contributed by atoms with Crippen LogP contribution >= 0.6 is 23.2 Å². The van der Waals surface area contributed by atoms with Gasteiger partial charge >= 0.3 is 5.97 Å². The minimum atomic E-state index is -0.941. The molecule has 10 aromatic heterocycles. The molecular weight excluding hydrogens is 1860 g/mol. The molecule has 0 saturated carbocycles. The zero-order valence-corrected chi connectivity index (χ0v) is 76.4. The second-order valence-electron chi connectivity index (χ2n) is 32.8. The molecule has 1 atom stereocenters. The average molecular weight is 1950 g/mol. The van der Waals surface area contributed by atoms with Crippen LogP contribution < -0.4 is 26.6 Å². The topological polar surface area (TPSA) is 445 Å². The van der Waals surface area contributed by atoms with Crippen LogP contribution in [0.25, 0.3) is 90.2 Å². The first-order chi connectivity index (χ1) is 68.6. The quantitative estimate of drug-likeness (QED) is 0.0235. The van der Waals surface area contributed by atoms with E-state index in [-0.39, 0.29) is 45.5 Å². The van der Waals surface area contributed by atoms with Crippen molar-refractivity contribution in [3.63, 3.8) is 0 Å². The van der Waals surface area contributed by atoms with E-state index in [1.54, 1.807) is 30.6 Å². The molecule has 14 N–H and O–H groups in total. The zero-order chi connectivity index (χ0) is 97.7. The minimum absolute atomic E-state index is 0.0123. The number of anilines is 6. The molecule has 34 nitrogen and oxygen atoms in total. The summed E-state index contributed by atoms with van der Waals surface area (Å²) in [6, 6.07) is 53.7. The number of pyridine rings is 1. The lowest BCUT2D eigenvalue weighted by molar-refractivity contribution is -0.142. The summed E-state index contributed by atoms with van der Waals surface area (Å²) in [6.45, 7) is 10.3. The molecule has 1 unspecified atom stereocenters. The smallest absolute Gasteiger partial charge is 0.302 e. The Labute approximate surface area is 806 Å². The Bertz CT molecular complexity index is 7620. The Morgan fingerprint density at radius 3 is 1.28 bits per heavy atom. The predicted octanol–water partition coefficient (Wildman–Crippen LogP) is 18.0. The highest BCUT2D eigenvalue weighted by Crippen LogP contribution is 2.40. The van der Waals surface area contributed by atoms with Crippen molar-refractivity contribution >= 4 is 131 Å². The molecule has 2 saturated heterocycles. The van der Waals surface area contributed by atoms with Gasteiger partial charge in [-0.05, 0) is 145 Å². The number of nitrogens with one attached hydrogen (secondary N) is 14. The number of H-pyrrole nitrogens is 9. The molecule has 3 aliphatic rings. The first kappa shape index (κ1) is 94.6. The van der Waals surface area contributed by atoms with E-state index in [0.717, 1.165) is 184 Å². The lowest BCUT2D eigenvalue weighted by Gasteiger charge is -2.32. The maximum atomic E-state index is 14.0. The van der Waals surface area contributed by atoms with Crippen LogP contribution in [-0.4, -0.2) is 200 Å². The molecule has 2 aliphatic heterocycles. The number of likely N-dealkylation sites (N-methyl/N-ethyl adjacent to an activating group) is 1. The first-order valence-electron chi connectivity index (χ1n) is 44.2. The van der Waals surface area contributed by atoms with Crippen molar-refractivity contribution in [3.8, 4) is 46.1 Å². The maximum absolute atomic E-state index is 14.0. The van der Waals surface area contributed by atoms with Gasteiger partial charge < -0.3 is 60.9 Å².